The van der Waals surface area contributed by atoms with E-state index < -0.39 is 38.9 Å². The van der Waals surface area contributed by atoms with E-state index in [2.05, 4.69) is 22.0 Å². The van der Waals surface area contributed by atoms with Crippen LogP contribution in [0.2, 0.25) is 0 Å². The molecule has 7 heteroatoms. The second kappa shape index (κ2) is 8.56. The van der Waals surface area contributed by atoms with Crippen LogP contribution >= 0.6 is 26.3 Å². The number of halogens is 6. The number of hydrogen-bond acceptors (Lipinski definition) is 0. The molecule has 0 heterocycles. The molecule has 0 aliphatic carbocycles. The summed E-state index contributed by atoms with van der Waals surface area (Å²) in [6, 6.07) is 27.3. The number of hydrogen-bond donors (Lipinski definition) is 0. The molecule has 0 aliphatic rings. The van der Waals surface area contributed by atoms with Crippen molar-refractivity contribution in [2.75, 3.05) is 0 Å². The summed E-state index contributed by atoms with van der Waals surface area (Å²) in [4.78, 5) is 0. The molecule has 0 saturated heterocycles. The first-order chi connectivity index (χ1) is 15.3. The minimum atomic E-state index is -3.78. The third kappa shape index (κ3) is 3.44. The first-order valence-electron chi connectivity index (χ1n) is 9.69. The van der Waals surface area contributed by atoms with Crippen LogP contribution in [0.15, 0.2) is 91.0 Å². The van der Waals surface area contributed by atoms with E-state index in [1.807, 2.05) is 54.6 Å². The fourth-order valence-corrected chi connectivity index (χ4v) is 12.6. The van der Waals surface area contributed by atoms with Crippen molar-refractivity contribution in [3.63, 3.8) is 0 Å². The summed E-state index contributed by atoms with van der Waals surface area (Å²) in [5.74, 6) is -9.62. The molecule has 0 bridgehead atoms. The van der Waals surface area contributed by atoms with E-state index in [9.17, 15) is 22.0 Å². The summed E-state index contributed by atoms with van der Waals surface area (Å²) in [6.07, 6.45) is -0.379. The Hall–Kier alpha value is -2.31. The van der Waals surface area contributed by atoms with Gasteiger partial charge in [-0.1, -0.05) is 0 Å². The number of rotatable bonds is 5. The Morgan fingerprint density at radius 2 is 0.750 bits per heavy atom. The van der Waals surface area contributed by atoms with Crippen LogP contribution in [0.25, 0.3) is 0 Å². The Kier molecular flexibility index (Phi) is 6.12. The van der Waals surface area contributed by atoms with Gasteiger partial charge in [-0.05, 0) is 0 Å². The molecule has 0 saturated carbocycles. The van der Waals surface area contributed by atoms with E-state index in [1.54, 1.807) is 36.4 Å². The first kappa shape index (κ1) is 22.9. The van der Waals surface area contributed by atoms with Crippen molar-refractivity contribution in [3.8, 4) is 0 Å². The van der Waals surface area contributed by atoms with Gasteiger partial charge in [-0.15, -0.1) is 0 Å². The minimum absolute atomic E-state index is 0.379. The molecule has 0 fully saturated rings. The normalized spacial score (nSPS) is 12.9. The van der Waals surface area contributed by atoms with Crippen LogP contribution in [0.5, 0.6) is 0 Å². The summed E-state index contributed by atoms with van der Waals surface area (Å²) in [5, 5.41) is 2.29. The van der Waals surface area contributed by atoms with Crippen LogP contribution < -0.4 is 15.9 Å². The molecule has 0 nitrogen and oxygen atoms in total. The van der Waals surface area contributed by atoms with Gasteiger partial charge in [-0.2, -0.15) is 0 Å². The van der Waals surface area contributed by atoms with Crippen LogP contribution in [0.3, 0.4) is 0 Å². The Morgan fingerprint density at radius 1 is 0.469 bits per heavy atom. The maximum atomic E-state index is 14.9. The van der Waals surface area contributed by atoms with E-state index in [0.717, 1.165) is 15.9 Å². The van der Waals surface area contributed by atoms with Crippen LogP contribution in [0.4, 0.5) is 22.0 Å². The quantitative estimate of drug-likeness (QED) is 0.0818. The predicted molar refractivity (Wildman–Crippen MR) is 129 cm³/mol. The second-order valence-corrected chi connectivity index (χ2v) is 18.0. The molecule has 32 heavy (non-hydrogen) atoms. The molecule has 0 aromatic heterocycles. The summed E-state index contributed by atoms with van der Waals surface area (Å²) in [6.45, 7) is 0. The Morgan fingerprint density at radius 3 is 1.06 bits per heavy atom. The van der Waals surface area contributed by atoms with Crippen molar-refractivity contribution in [2.24, 2.45) is 0 Å². The van der Waals surface area contributed by atoms with Gasteiger partial charge in [-0.3, -0.25) is 0 Å². The molecule has 0 spiro atoms. The fraction of sp³-hybridized carbons (Fsp3) is 0.0400. The Balaban J connectivity index is 2.16. The van der Waals surface area contributed by atoms with Gasteiger partial charge in [0.2, 0.25) is 0 Å². The average Bonchev–Trinajstić information content (AvgIpc) is 2.86. The molecule has 0 radical (unpaired) electrons. The van der Waals surface area contributed by atoms with Gasteiger partial charge in [0, 0.05) is 0 Å². The molecule has 164 valence electrons. The second-order valence-electron chi connectivity index (χ2n) is 7.40. The van der Waals surface area contributed by atoms with Gasteiger partial charge in [0.1, 0.15) is 0 Å². The number of benzene rings is 4. The predicted octanol–water partition coefficient (Wildman–Crippen LogP) is 6.76. The molecule has 0 N–H and O–H groups in total. The summed E-state index contributed by atoms with van der Waals surface area (Å²) >= 11 is 2.23. The summed E-state index contributed by atoms with van der Waals surface area (Å²) < 4.78 is 68.2. The standard InChI is InChI=1S/C25H17F5IP/c26-21-20(22(27)24(29)25(30)23(21)28)16-32(31,17-10-4-1-5-11-17,18-12-6-2-7-13-18)19-14-8-3-9-15-19/h1-15H,16H2. The van der Waals surface area contributed by atoms with Gasteiger partial charge in [0.05, 0.1) is 0 Å². The molecule has 4 rings (SSSR count). The van der Waals surface area contributed by atoms with E-state index in [1.165, 1.54) is 0 Å². The van der Waals surface area contributed by atoms with Crippen LogP contribution in [-0.4, -0.2) is 0 Å². The third-order valence-electron chi connectivity index (χ3n) is 5.64. The van der Waals surface area contributed by atoms with Crippen LogP contribution in [0, 0.1) is 29.1 Å². The van der Waals surface area contributed by atoms with Gasteiger partial charge in [0.15, 0.2) is 0 Å². The summed E-state index contributed by atoms with van der Waals surface area (Å²) in [5.41, 5.74) is -0.815. The van der Waals surface area contributed by atoms with Gasteiger partial charge >= 0.3 is 196 Å². The van der Waals surface area contributed by atoms with Gasteiger partial charge < -0.3 is 0 Å². The topological polar surface area (TPSA) is 0 Å². The molecule has 0 atom stereocenters. The van der Waals surface area contributed by atoms with Gasteiger partial charge in [-0.25, -0.2) is 0 Å². The third-order valence-corrected chi connectivity index (χ3v) is 16.7. The van der Waals surface area contributed by atoms with E-state index in [4.69, 9.17) is 0 Å². The molecule has 4 aromatic carbocycles. The van der Waals surface area contributed by atoms with Crippen molar-refractivity contribution < 1.29 is 22.0 Å². The van der Waals surface area contributed by atoms with Crippen molar-refractivity contribution in [3.05, 3.63) is 126 Å². The molecule has 0 amide bonds. The summed E-state index contributed by atoms with van der Waals surface area (Å²) in [7, 11) is 0. The monoisotopic (exact) mass is 570 g/mol. The molecule has 4 aromatic rings. The van der Waals surface area contributed by atoms with Crippen LogP contribution in [0.1, 0.15) is 5.56 Å². The zero-order chi connectivity index (χ0) is 23.0. The average molecular weight is 570 g/mol. The zero-order valence-corrected chi connectivity index (χ0v) is 19.6. The maximum absolute atomic E-state index is 14.9. The first-order valence-corrected chi connectivity index (χ1v) is 14.9. The SMILES string of the molecule is Fc1c(F)c(F)c(CP(I)(c2ccccc2)(c2ccccc2)c2ccccc2)c(F)c1F. The van der Waals surface area contributed by atoms with E-state index in [0.29, 0.717) is 0 Å². The Bertz CT molecular complexity index is 1140. The van der Waals surface area contributed by atoms with Crippen molar-refractivity contribution in [1.82, 2.24) is 0 Å². The fourth-order valence-electron chi connectivity index (χ4n) is 4.02. The van der Waals surface area contributed by atoms with E-state index in [-0.39, 0.29) is 6.16 Å². The molecule has 0 aliphatic heterocycles. The zero-order valence-electron chi connectivity index (χ0n) is 16.6. The Labute approximate surface area is 195 Å². The molecule has 0 unspecified atom stereocenters. The van der Waals surface area contributed by atoms with Crippen molar-refractivity contribution in [1.29, 1.82) is 0 Å². The molecular weight excluding hydrogens is 553 g/mol. The van der Waals surface area contributed by atoms with Gasteiger partial charge in [0.25, 0.3) is 0 Å². The van der Waals surface area contributed by atoms with Crippen LogP contribution in [-0.2, 0) is 6.16 Å². The van der Waals surface area contributed by atoms with Crippen molar-refractivity contribution in [2.45, 2.75) is 6.16 Å². The molecular formula is C25H17F5IP. The van der Waals surface area contributed by atoms with Crippen molar-refractivity contribution >= 4 is 42.2 Å². The van der Waals surface area contributed by atoms with E-state index >= 15 is 0 Å².